The molecule has 3 aromatic rings. The van der Waals surface area contributed by atoms with Gasteiger partial charge in [-0.15, -0.1) is 0 Å². The average molecular weight is 336 g/mol. The van der Waals surface area contributed by atoms with Crippen molar-refractivity contribution < 1.29 is 4.79 Å². The second-order valence-electron chi connectivity index (χ2n) is 5.99. The zero-order valence-corrected chi connectivity index (χ0v) is 14.7. The minimum Gasteiger partial charge on any atom is -0.328 e. The highest BCUT2D eigenvalue weighted by atomic mass is 32.1. The number of pyridine rings is 1. The Hall–Kier alpha value is -2.46. The summed E-state index contributed by atoms with van der Waals surface area (Å²) in [5, 5.41) is 4.12. The van der Waals surface area contributed by atoms with E-state index in [0.29, 0.717) is 13.1 Å². The summed E-state index contributed by atoms with van der Waals surface area (Å²) in [6.07, 6.45) is 1.76. The second kappa shape index (κ2) is 7.41. The van der Waals surface area contributed by atoms with E-state index in [9.17, 15) is 4.79 Å². The van der Waals surface area contributed by atoms with Gasteiger partial charge in [-0.2, -0.15) is 11.3 Å². The molecule has 0 fully saturated rings. The van der Waals surface area contributed by atoms with Crippen LogP contribution >= 0.6 is 11.3 Å². The number of rotatable bonds is 5. The van der Waals surface area contributed by atoms with Crippen molar-refractivity contribution in [3.05, 3.63) is 87.4 Å². The van der Waals surface area contributed by atoms with E-state index >= 15 is 0 Å². The Bertz CT molecular complexity index is 793. The molecule has 1 amide bonds. The fourth-order valence-electron chi connectivity index (χ4n) is 2.77. The predicted molar refractivity (Wildman–Crippen MR) is 98.0 cm³/mol. The molecule has 0 saturated heterocycles. The van der Waals surface area contributed by atoms with Gasteiger partial charge in [0.05, 0.1) is 12.2 Å². The summed E-state index contributed by atoms with van der Waals surface area (Å²) in [6.45, 7) is 5.13. The molecule has 2 aromatic heterocycles. The van der Waals surface area contributed by atoms with E-state index in [1.165, 1.54) is 0 Å². The Morgan fingerprint density at radius 1 is 1.08 bits per heavy atom. The van der Waals surface area contributed by atoms with Gasteiger partial charge in [0.2, 0.25) is 0 Å². The van der Waals surface area contributed by atoms with Crippen molar-refractivity contribution in [2.75, 3.05) is 0 Å². The van der Waals surface area contributed by atoms with E-state index in [-0.39, 0.29) is 5.91 Å². The number of benzene rings is 1. The van der Waals surface area contributed by atoms with Crippen LogP contribution in [0.1, 0.15) is 32.7 Å². The van der Waals surface area contributed by atoms with Gasteiger partial charge in [-0.1, -0.05) is 23.3 Å². The third kappa shape index (κ3) is 4.09. The lowest BCUT2D eigenvalue weighted by Gasteiger charge is -2.22. The van der Waals surface area contributed by atoms with Gasteiger partial charge in [-0.3, -0.25) is 9.78 Å². The standard InChI is InChI=1S/C20H20N2OS/c1-15-9-16(2)11-18(10-15)20(23)22(12-17-6-8-24-14-17)13-19-5-3-4-7-21-19/h3-11,14H,12-13H2,1-2H3. The lowest BCUT2D eigenvalue weighted by Crippen LogP contribution is -2.30. The predicted octanol–water partition coefficient (Wildman–Crippen LogP) is 4.60. The molecule has 0 spiro atoms. The van der Waals surface area contributed by atoms with E-state index in [1.54, 1.807) is 17.5 Å². The van der Waals surface area contributed by atoms with Gasteiger partial charge in [0.1, 0.15) is 0 Å². The zero-order valence-electron chi connectivity index (χ0n) is 13.9. The minimum atomic E-state index is 0.0404. The zero-order chi connectivity index (χ0) is 16.9. The van der Waals surface area contributed by atoms with Crippen molar-refractivity contribution >= 4 is 17.2 Å². The van der Waals surface area contributed by atoms with Crippen LogP contribution in [-0.2, 0) is 13.1 Å². The van der Waals surface area contributed by atoms with Gasteiger partial charge < -0.3 is 4.90 Å². The van der Waals surface area contributed by atoms with Gasteiger partial charge in [0, 0.05) is 18.3 Å². The molecule has 24 heavy (non-hydrogen) atoms. The van der Waals surface area contributed by atoms with Crippen LogP contribution in [0.4, 0.5) is 0 Å². The van der Waals surface area contributed by atoms with Gasteiger partial charge >= 0.3 is 0 Å². The number of amides is 1. The normalized spacial score (nSPS) is 10.6. The highest BCUT2D eigenvalue weighted by Crippen LogP contribution is 2.17. The molecule has 0 aliphatic carbocycles. The Labute approximate surface area is 146 Å². The van der Waals surface area contributed by atoms with Crippen molar-refractivity contribution in [3.8, 4) is 0 Å². The number of carbonyl (C=O) groups is 1. The molecule has 3 rings (SSSR count). The van der Waals surface area contributed by atoms with E-state index in [1.807, 2.05) is 54.5 Å². The van der Waals surface area contributed by atoms with Gasteiger partial charge in [-0.25, -0.2) is 0 Å². The van der Waals surface area contributed by atoms with E-state index in [0.717, 1.165) is 27.9 Å². The van der Waals surface area contributed by atoms with Crippen molar-refractivity contribution in [3.63, 3.8) is 0 Å². The lowest BCUT2D eigenvalue weighted by molar-refractivity contribution is 0.0728. The molecule has 0 N–H and O–H groups in total. The largest absolute Gasteiger partial charge is 0.328 e. The third-order valence-electron chi connectivity index (χ3n) is 3.79. The smallest absolute Gasteiger partial charge is 0.254 e. The van der Waals surface area contributed by atoms with E-state index < -0.39 is 0 Å². The van der Waals surface area contributed by atoms with Crippen LogP contribution in [0, 0.1) is 13.8 Å². The molecule has 0 aliphatic rings. The number of carbonyl (C=O) groups excluding carboxylic acids is 1. The number of hydrogen-bond acceptors (Lipinski definition) is 3. The van der Waals surface area contributed by atoms with Crippen LogP contribution < -0.4 is 0 Å². The minimum absolute atomic E-state index is 0.0404. The average Bonchev–Trinajstić information content (AvgIpc) is 3.07. The maximum Gasteiger partial charge on any atom is 0.254 e. The number of nitrogens with zero attached hydrogens (tertiary/aromatic N) is 2. The number of aromatic nitrogens is 1. The Kier molecular flexibility index (Phi) is 5.06. The first kappa shape index (κ1) is 16.4. The maximum atomic E-state index is 13.1. The Morgan fingerprint density at radius 2 is 1.88 bits per heavy atom. The van der Waals surface area contributed by atoms with Crippen LogP contribution in [-0.4, -0.2) is 15.8 Å². The Morgan fingerprint density at radius 3 is 2.50 bits per heavy atom. The Balaban J connectivity index is 1.89. The van der Waals surface area contributed by atoms with Crippen LogP contribution in [0.3, 0.4) is 0 Å². The fraction of sp³-hybridized carbons (Fsp3) is 0.200. The molecule has 0 atom stereocenters. The van der Waals surface area contributed by atoms with Crippen LogP contribution in [0.2, 0.25) is 0 Å². The summed E-state index contributed by atoms with van der Waals surface area (Å²) >= 11 is 1.65. The molecule has 3 nitrogen and oxygen atoms in total. The van der Waals surface area contributed by atoms with Gasteiger partial charge in [-0.05, 0) is 60.5 Å². The molecular weight excluding hydrogens is 316 g/mol. The summed E-state index contributed by atoms with van der Waals surface area (Å²) in [7, 11) is 0. The molecule has 0 unspecified atom stereocenters. The third-order valence-corrected chi connectivity index (χ3v) is 4.52. The molecule has 1 aromatic carbocycles. The summed E-state index contributed by atoms with van der Waals surface area (Å²) in [6, 6.07) is 13.8. The molecule has 4 heteroatoms. The number of hydrogen-bond donors (Lipinski definition) is 0. The number of aryl methyl sites for hydroxylation is 2. The van der Waals surface area contributed by atoms with Gasteiger partial charge in [0.15, 0.2) is 0 Å². The van der Waals surface area contributed by atoms with Crippen LogP contribution in [0.25, 0.3) is 0 Å². The van der Waals surface area contributed by atoms with Crippen LogP contribution in [0.15, 0.2) is 59.4 Å². The van der Waals surface area contributed by atoms with E-state index in [2.05, 4.69) is 22.5 Å². The highest BCUT2D eigenvalue weighted by molar-refractivity contribution is 7.07. The van der Waals surface area contributed by atoms with Gasteiger partial charge in [0.25, 0.3) is 5.91 Å². The van der Waals surface area contributed by atoms with Crippen LogP contribution in [0.5, 0.6) is 0 Å². The maximum absolute atomic E-state index is 13.1. The summed E-state index contributed by atoms with van der Waals surface area (Å²) in [4.78, 5) is 19.3. The molecule has 0 aliphatic heterocycles. The molecule has 2 heterocycles. The summed E-state index contributed by atoms with van der Waals surface area (Å²) < 4.78 is 0. The summed E-state index contributed by atoms with van der Waals surface area (Å²) in [5.41, 5.74) is 4.98. The van der Waals surface area contributed by atoms with E-state index in [4.69, 9.17) is 0 Å². The quantitative estimate of drug-likeness (QED) is 0.682. The first-order valence-electron chi connectivity index (χ1n) is 7.90. The lowest BCUT2D eigenvalue weighted by atomic mass is 10.1. The molecular formula is C20H20N2OS. The molecule has 122 valence electrons. The van der Waals surface area contributed by atoms with Crippen molar-refractivity contribution in [2.24, 2.45) is 0 Å². The SMILES string of the molecule is Cc1cc(C)cc(C(=O)N(Cc2ccsc2)Cc2ccccn2)c1. The highest BCUT2D eigenvalue weighted by Gasteiger charge is 2.18. The monoisotopic (exact) mass is 336 g/mol. The first-order chi connectivity index (χ1) is 11.6. The van der Waals surface area contributed by atoms with Crippen molar-refractivity contribution in [2.45, 2.75) is 26.9 Å². The molecule has 0 bridgehead atoms. The van der Waals surface area contributed by atoms with Crippen molar-refractivity contribution in [1.82, 2.24) is 9.88 Å². The molecule has 0 radical (unpaired) electrons. The number of thiophene rings is 1. The topological polar surface area (TPSA) is 33.2 Å². The summed E-state index contributed by atoms with van der Waals surface area (Å²) in [5.74, 6) is 0.0404. The fourth-order valence-corrected chi connectivity index (χ4v) is 3.43. The first-order valence-corrected chi connectivity index (χ1v) is 8.84. The van der Waals surface area contributed by atoms with Crippen molar-refractivity contribution in [1.29, 1.82) is 0 Å². The molecule has 0 saturated carbocycles. The second-order valence-corrected chi connectivity index (χ2v) is 6.77.